The first-order valence-electron chi connectivity index (χ1n) is 3.08. The van der Waals surface area contributed by atoms with Crippen LogP contribution >= 0.6 is 0 Å². The van der Waals surface area contributed by atoms with E-state index in [2.05, 4.69) is 4.97 Å². The van der Waals surface area contributed by atoms with Gasteiger partial charge in [-0.1, -0.05) is 0 Å². The van der Waals surface area contributed by atoms with Crippen molar-refractivity contribution < 1.29 is 4.39 Å². The van der Waals surface area contributed by atoms with Crippen LogP contribution in [0.1, 0.15) is 5.56 Å². The van der Waals surface area contributed by atoms with E-state index in [9.17, 15) is 4.39 Å². The van der Waals surface area contributed by atoms with E-state index in [1.807, 2.05) is 0 Å². The van der Waals surface area contributed by atoms with Crippen LogP contribution in [0.5, 0.6) is 0 Å². The van der Waals surface area contributed by atoms with Crippen molar-refractivity contribution in [3.05, 3.63) is 35.6 Å². The molecule has 0 N–H and O–H groups in total. The number of nitriles is 1. The molecule has 0 amide bonds. The van der Waals surface area contributed by atoms with Crippen molar-refractivity contribution in [3.63, 3.8) is 0 Å². The Labute approximate surface area is 71.0 Å². The molecule has 0 spiro atoms. The zero-order valence-corrected chi connectivity index (χ0v) is 7.46. The van der Waals surface area contributed by atoms with Gasteiger partial charge in [-0.2, -0.15) is 0 Å². The van der Waals surface area contributed by atoms with Gasteiger partial charge < -0.3 is 0 Å². The van der Waals surface area contributed by atoms with Crippen LogP contribution in [0, 0.1) is 16.0 Å². The molecule has 0 aliphatic carbocycles. The third kappa shape index (κ3) is 2.71. The molecule has 0 saturated carbocycles. The maximum atomic E-state index is 12.3. The summed E-state index contributed by atoms with van der Waals surface area (Å²) in [5.41, 5.74) is 1.04. The van der Waals surface area contributed by atoms with Gasteiger partial charge in [-0.3, -0.25) is 0 Å². The average molecular weight is 214 g/mol. The first-order chi connectivity index (χ1) is 5.33. The molecule has 0 unspecified atom stereocenters. The van der Waals surface area contributed by atoms with Gasteiger partial charge in [-0.15, -0.1) is 0 Å². The van der Waals surface area contributed by atoms with Crippen molar-refractivity contribution in [2.24, 2.45) is 0 Å². The van der Waals surface area contributed by atoms with Crippen LogP contribution in [-0.2, 0) is 5.32 Å². The summed E-state index contributed by atoms with van der Waals surface area (Å²) >= 11 is -0.00215. The van der Waals surface area contributed by atoms with Gasteiger partial charge in [0.25, 0.3) is 0 Å². The van der Waals surface area contributed by atoms with E-state index < -0.39 is 0 Å². The van der Waals surface area contributed by atoms with Crippen LogP contribution < -0.4 is 0 Å². The van der Waals surface area contributed by atoms with E-state index in [1.54, 1.807) is 12.1 Å². The third-order valence-corrected chi connectivity index (χ3v) is 2.49. The van der Waals surface area contributed by atoms with Crippen molar-refractivity contribution >= 4 is 15.0 Å². The molecular weight excluding hydrogens is 208 g/mol. The summed E-state index contributed by atoms with van der Waals surface area (Å²) in [7, 11) is 0. The fourth-order valence-electron chi connectivity index (χ4n) is 0.696. The topological polar surface area (TPSA) is 23.8 Å². The van der Waals surface area contributed by atoms with Gasteiger partial charge in [0.2, 0.25) is 0 Å². The normalized spacial score (nSPS) is 9.09. The van der Waals surface area contributed by atoms with E-state index in [0.717, 1.165) is 10.9 Å². The van der Waals surface area contributed by atoms with Gasteiger partial charge in [-0.05, 0) is 0 Å². The quantitative estimate of drug-likeness (QED) is 0.684. The second-order valence-corrected chi connectivity index (χ2v) is 3.60. The summed E-state index contributed by atoms with van der Waals surface area (Å²) in [4.78, 5) is 2.10. The first kappa shape index (κ1) is 8.26. The summed E-state index contributed by atoms with van der Waals surface area (Å²) in [6, 6.07) is 6.27. The molecule has 1 rings (SSSR count). The molecule has 0 heterocycles. The summed E-state index contributed by atoms with van der Waals surface area (Å²) in [6.07, 6.45) is 0. The Kier molecular flexibility index (Phi) is 3.10. The van der Waals surface area contributed by atoms with Gasteiger partial charge in [0.1, 0.15) is 0 Å². The fraction of sp³-hybridized carbons (Fsp3) is 0.125. The molecule has 0 aromatic heterocycles. The van der Waals surface area contributed by atoms with Crippen LogP contribution in [0.15, 0.2) is 24.3 Å². The monoisotopic (exact) mass is 215 g/mol. The molecule has 0 bridgehead atoms. The Balaban J connectivity index is 2.60. The van der Waals surface area contributed by atoms with Crippen molar-refractivity contribution in [3.8, 4) is 4.97 Å². The molecule has 0 radical (unpaired) electrons. The second-order valence-electron chi connectivity index (χ2n) is 2.01. The summed E-state index contributed by atoms with van der Waals surface area (Å²) < 4.78 is 12.3. The predicted octanol–water partition coefficient (Wildman–Crippen LogP) is 1.51. The van der Waals surface area contributed by atoms with Crippen molar-refractivity contribution in [1.82, 2.24) is 0 Å². The number of nitrogens with zero attached hydrogens (tertiary/aromatic N) is 1. The Hall–Kier alpha value is -0.841. The number of rotatable bonds is 2. The summed E-state index contributed by atoms with van der Waals surface area (Å²) in [5, 5.41) is 9.05. The molecule has 0 saturated heterocycles. The van der Waals surface area contributed by atoms with Gasteiger partial charge in [0.05, 0.1) is 0 Å². The molecule has 0 atom stereocenters. The summed E-state index contributed by atoms with van der Waals surface area (Å²) in [5.74, 6) is -0.224. The molecule has 0 fully saturated rings. The van der Waals surface area contributed by atoms with Crippen LogP contribution in [0.2, 0.25) is 0 Å². The number of benzene rings is 1. The molecular formula is C8H6FNSe. The molecule has 0 aliphatic rings. The van der Waals surface area contributed by atoms with Crippen LogP contribution in [0.3, 0.4) is 0 Å². The Bertz CT molecular complexity index is 262. The Morgan fingerprint density at radius 3 is 2.55 bits per heavy atom. The SMILES string of the molecule is N#C[Se]Cc1ccc(F)cc1. The predicted molar refractivity (Wildman–Crippen MR) is 41.5 cm³/mol. The molecule has 1 aromatic carbocycles. The van der Waals surface area contributed by atoms with Crippen LogP contribution in [-0.4, -0.2) is 15.0 Å². The molecule has 1 nitrogen and oxygen atoms in total. The Morgan fingerprint density at radius 2 is 2.00 bits per heavy atom. The third-order valence-electron chi connectivity index (χ3n) is 1.22. The minimum atomic E-state index is -0.224. The van der Waals surface area contributed by atoms with Crippen LogP contribution in [0.25, 0.3) is 0 Å². The van der Waals surface area contributed by atoms with Gasteiger partial charge in [-0.25, -0.2) is 0 Å². The molecule has 0 aliphatic heterocycles. The van der Waals surface area contributed by atoms with Crippen molar-refractivity contribution in [2.45, 2.75) is 5.32 Å². The minimum absolute atomic E-state index is 0.00215. The first-order valence-corrected chi connectivity index (χ1v) is 5.15. The van der Waals surface area contributed by atoms with Gasteiger partial charge >= 0.3 is 70.5 Å². The zero-order chi connectivity index (χ0) is 8.10. The number of hydrogen-bond donors (Lipinski definition) is 0. The average Bonchev–Trinajstić information content (AvgIpc) is 2.04. The second kappa shape index (κ2) is 4.12. The van der Waals surface area contributed by atoms with E-state index in [-0.39, 0.29) is 20.8 Å². The van der Waals surface area contributed by atoms with Crippen molar-refractivity contribution in [1.29, 1.82) is 5.26 Å². The summed E-state index contributed by atoms with van der Waals surface area (Å²) in [6.45, 7) is 0. The Morgan fingerprint density at radius 1 is 1.36 bits per heavy atom. The van der Waals surface area contributed by atoms with E-state index in [0.29, 0.717) is 0 Å². The number of hydrogen-bond acceptors (Lipinski definition) is 1. The van der Waals surface area contributed by atoms with E-state index in [1.165, 1.54) is 12.1 Å². The van der Waals surface area contributed by atoms with Crippen LogP contribution in [0.4, 0.5) is 4.39 Å². The molecule has 11 heavy (non-hydrogen) atoms. The fourth-order valence-corrected chi connectivity index (χ4v) is 1.59. The number of halogens is 1. The molecule has 3 heteroatoms. The van der Waals surface area contributed by atoms with Gasteiger partial charge in [0, 0.05) is 0 Å². The zero-order valence-electron chi connectivity index (χ0n) is 5.75. The van der Waals surface area contributed by atoms with E-state index >= 15 is 0 Å². The van der Waals surface area contributed by atoms with Gasteiger partial charge in [0.15, 0.2) is 0 Å². The molecule has 56 valence electrons. The van der Waals surface area contributed by atoms with Crippen molar-refractivity contribution in [2.75, 3.05) is 0 Å². The molecule has 1 aromatic rings. The maximum absolute atomic E-state index is 12.3. The van der Waals surface area contributed by atoms with E-state index in [4.69, 9.17) is 5.26 Å². The standard InChI is InChI=1S/C8H6FNSe/c9-8-3-1-7(2-4-8)5-11-6-10/h1-4H,5H2.